The molecule has 0 aliphatic carbocycles. The highest BCUT2D eigenvalue weighted by Gasteiger charge is 2.21. The van der Waals surface area contributed by atoms with Crippen molar-refractivity contribution in [3.63, 3.8) is 0 Å². The van der Waals surface area contributed by atoms with E-state index in [1.165, 1.54) is 19.2 Å². The van der Waals surface area contributed by atoms with Crippen LogP contribution in [0.3, 0.4) is 0 Å². The topological polar surface area (TPSA) is 116 Å². The summed E-state index contributed by atoms with van der Waals surface area (Å²) >= 11 is 0. The number of nitrogens with two attached hydrogens (primary N) is 2. The first kappa shape index (κ1) is 11.8. The van der Waals surface area contributed by atoms with Crippen LogP contribution >= 0.6 is 0 Å². The number of anilines is 1. The number of ether oxygens (including phenoxy) is 1. The molecule has 0 saturated carbocycles. The van der Waals surface area contributed by atoms with Gasteiger partial charge in [0, 0.05) is 6.54 Å². The fraction of sp³-hybridized carbons (Fsp3) is 0.250. The van der Waals surface area contributed by atoms with Crippen LogP contribution in [0.25, 0.3) is 0 Å². The van der Waals surface area contributed by atoms with Crippen molar-refractivity contribution >= 4 is 15.8 Å². The van der Waals surface area contributed by atoms with Gasteiger partial charge in [-0.05, 0) is 11.6 Å². The molecule has 0 fully saturated rings. The second-order valence-corrected chi connectivity index (χ2v) is 4.21. The zero-order valence-corrected chi connectivity index (χ0v) is 8.91. The van der Waals surface area contributed by atoms with Crippen LogP contribution in [-0.4, -0.2) is 20.1 Å². The van der Waals surface area contributed by atoms with Crippen LogP contribution in [0.15, 0.2) is 17.0 Å². The Balaban J connectivity index is 3.58. The van der Waals surface area contributed by atoms with Crippen molar-refractivity contribution < 1.29 is 17.7 Å². The van der Waals surface area contributed by atoms with Gasteiger partial charge in [-0.3, -0.25) is 4.55 Å². The quantitative estimate of drug-likeness (QED) is 0.498. The Morgan fingerprint density at radius 2 is 2.07 bits per heavy atom. The summed E-state index contributed by atoms with van der Waals surface area (Å²) in [6.07, 6.45) is 0. The number of hydrogen-bond acceptors (Lipinski definition) is 5. The summed E-state index contributed by atoms with van der Waals surface area (Å²) in [5, 5.41) is 0. The van der Waals surface area contributed by atoms with Crippen LogP contribution in [0.1, 0.15) is 5.56 Å². The Morgan fingerprint density at radius 1 is 1.47 bits per heavy atom. The highest BCUT2D eigenvalue weighted by atomic mass is 32.2. The molecule has 84 valence electrons. The molecule has 1 aromatic rings. The molecule has 0 heterocycles. The normalized spacial score (nSPS) is 11.4. The lowest BCUT2D eigenvalue weighted by Gasteiger charge is -2.11. The lowest BCUT2D eigenvalue weighted by atomic mass is 10.2. The van der Waals surface area contributed by atoms with Gasteiger partial charge in [0.25, 0.3) is 10.1 Å². The van der Waals surface area contributed by atoms with Gasteiger partial charge in [0.2, 0.25) is 0 Å². The molecule has 0 unspecified atom stereocenters. The van der Waals surface area contributed by atoms with E-state index in [0.717, 1.165) is 0 Å². The van der Waals surface area contributed by atoms with Gasteiger partial charge in [-0.25, -0.2) is 0 Å². The van der Waals surface area contributed by atoms with Crippen molar-refractivity contribution in [2.24, 2.45) is 5.73 Å². The van der Waals surface area contributed by atoms with E-state index in [4.69, 9.17) is 20.8 Å². The summed E-state index contributed by atoms with van der Waals surface area (Å²) in [6.45, 7) is -0.0384. The molecule has 7 heteroatoms. The Labute approximate surface area is 87.6 Å². The molecule has 0 amide bonds. The van der Waals surface area contributed by atoms with E-state index >= 15 is 0 Å². The van der Waals surface area contributed by atoms with E-state index in [1.807, 2.05) is 0 Å². The van der Waals surface area contributed by atoms with Crippen molar-refractivity contribution in [3.05, 3.63) is 17.7 Å². The maximum absolute atomic E-state index is 11.1. The SMILES string of the molecule is COc1ccc(CN)c(S(=O)(=O)O)c1N. The van der Waals surface area contributed by atoms with Crippen molar-refractivity contribution in [3.8, 4) is 5.75 Å². The van der Waals surface area contributed by atoms with E-state index in [-0.39, 0.29) is 28.4 Å². The van der Waals surface area contributed by atoms with Gasteiger partial charge in [0.05, 0.1) is 12.8 Å². The van der Waals surface area contributed by atoms with Crippen molar-refractivity contribution in [1.29, 1.82) is 0 Å². The molecule has 5 N–H and O–H groups in total. The molecule has 0 bridgehead atoms. The largest absolute Gasteiger partial charge is 0.495 e. The summed E-state index contributed by atoms with van der Waals surface area (Å²) in [5.41, 5.74) is 11.0. The first-order valence-corrected chi connectivity index (χ1v) is 5.48. The highest BCUT2D eigenvalue weighted by molar-refractivity contribution is 7.86. The van der Waals surface area contributed by atoms with Crippen LogP contribution in [0.4, 0.5) is 5.69 Å². The molecule has 0 saturated heterocycles. The number of rotatable bonds is 3. The molecule has 0 spiro atoms. The second-order valence-electron chi connectivity index (χ2n) is 2.85. The van der Waals surface area contributed by atoms with Crippen LogP contribution < -0.4 is 16.2 Å². The lowest BCUT2D eigenvalue weighted by Crippen LogP contribution is -2.11. The van der Waals surface area contributed by atoms with Gasteiger partial charge in [0.15, 0.2) is 0 Å². The van der Waals surface area contributed by atoms with Crippen molar-refractivity contribution in [2.45, 2.75) is 11.4 Å². The van der Waals surface area contributed by atoms with E-state index < -0.39 is 10.1 Å². The average Bonchev–Trinajstić information content (AvgIpc) is 2.15. The third-order valence-electron chi connectivity index (χ3n) is 1.94. The van der Waals surface area contributed by atoms with Crippen molar-refractivity contribution in [1.82, 2.24) is 0 Å². The van der Waals surface area contributed by atoms with E-state index in [2.05, 4.69) is 0 Å². The van der Waals surface area contributed by atoms with E-state index in [1.54, 1.807) is 0 Å². The van der Waals surface area contributed by atoms with Gasteiger partial charge >= 0.3 is 0 Å². The molecule has 0 atom stereocenters. The van der Waals surface area contributed by atoms with Gasteiger partial charge in [0.1, 0.15) is 10.6 Å². The molecule has 1 rings (SSSR count). The average molecular weight is 232 g/mol. The molecule has 0 aliphatic rings. The summed E-state index contributed by atoms with van der Waals surface area (Å²) in [4.78, 5) is -0.385. The van der Waals surface area contributed by atoms with Crippen molar-refractivity contribution in [2.75, 3.05) is 12.8 Å². The second kappa shape index (κ2) is 4.05. The molecule has 1 aromatic carbocycles. The Kier molecular flexibility index (Phi) is 3.18. The number of nitrogen functional groups attached to an aromatic ring is 1. The minimum absolute atomic E-state index is 0.0384. The Hall–Kier alpha value is -1.31. The van der Waals surface area contributed by atoms with Gasteiger partial charge < -0.3 is 16.2 Å². The van der Waals surface area contributed by atoms with E-state index in [9.17, 15) is 8.42 Å². The summed E-state index contributed by atoms with van der Waals surface area (Å²) in [7, 11) is -3.05. The zero-order valence-electron chi connectivity index (χ0n) is 8.10. The molecule has 0 aliphatic heterocycles. The first-order valence-electron chi connectivity index (χ1n) is 4.04. The number of methoxy groups -OCH3 is 1. The summed E-state index contributed by atoms with van der Waals surface area (Å²) in [6, 6.07) is 2.94. The molecule has 15 heavy (non-hydrogen) atoms. The van der Waals surface area contributed by atoms with E-state index in [0.29, 0.717) is 0 Å². The molecule has 6 nitrogen and oxygen atoms in total. The van der Waals surface area contributed by atoms with Crippen LogP contribution in [-0.2, 0) is 16.7 Å². The number of hydrogen-bond donors (Lipinski definition) is 3. The predicted octanol–water partition coefficient (Wildman–Crippen LogP) is -0.0172. The van der Waals surface area contributed by atoms with Crippen LogP contribution in [0.5, 0.6) is 5.75 Å². The third-order valence-corrected chi connectivity index (χ3v) is 2.93. The molecular formula is C8H12N2O4S. The summed E-state index contributed by atoms with van der Waals surface area (Å²) in [5.74, 6) is 0.180. The fourth-order valence-corrected chi connectivity index (χ4v) is 2.13. The van der Waals surface area contributed by atoms with Gasteiger partial charge in [-0.1, -0.05) is 6.07 Å². The lowest BCUT2D eigenvalue weighted by molar-refractivity contribution is 0.415. The maximum atomic E-state index is 11.1. The fourth-order valence-electron chi connectivity index (χ4n) is 1.27. The van der Waals surface area contributed by atoms with Gasteiger partial charge in [-0.15, -0.1) is 0 Å². The Bertz CT molecular complexity index is 470. The minimum Gasteiger partial charge on any atom is -0.495 e. The Morgan fingerprint density at radius 3 is 2.47 bits per heavy atom. The first-order chi connectivity index (χ1) is 6.91. The van der Waals surface area contributed by atoms with Crippen LogP contribution in [0.2, 0.25) is 0 Å². The minimum atomic E-state index is -4.39. The highest BCUT2D eigenvalue weighted by Crippen LogP contribution is 2.31. The van der Waals surface area contributed by atoms with Gasteiger partial charge in [-0.2, -0.15) is 8.42 Å². The van der Waals surface area contributed by atoms with Crippen LogP contribution in [0, 0.1) is 0 Å². The molecule has 0 aromatic heterocycles. The monoisotopic (exact) mass is 232 g/mol. The predicted molar refractivity (Wildman–Crippen MR) is 55.1 cm³/mol. The third kappa shape index (κ3) is 2.20. The molecular weight excluding hydrogens is 220 g/mol. The maximum Gasteiger partial charge on any atom is 0.297 e. The zero-order chi connectivity index (χ0) is 11.6. The smallest absolute Gasteiger partial charge is 0.297 e. The molecule has 0 radical (unpaired) electrons. The summed E-state index contributed by atoms with van der Waals surface area (Å²) < 4.78 is 36.0. The standard InChI is InChI=1S/C8H12N2O4S/c1-14-6-3-2-5(4-9)8(7(6)10)15(11,12)13/h2-3H,4,9-10H2,1H3,(H,11,12,13). The number of benzene rings is 1.